The molecule has 0 spiro atoms. The van der Waals surface area contributed by atoms with Crippen LogP contribution >= 0.6 is 0 Å². The van der Waals surface area contributed by atoms with E-state index in [0.717, 1.165) is 31.6 Å². The molecule has 0 amide bonds. The van der Waals surface area contributed by atoms with Crippen molar-refractivity contribution in [2.24, 2.45) is 0 Å². The number of phenols is 1. The molecule has 1 fully saturated rings. The fraction of sp³-hybridized carbons (Fsp3) is 0.385. The van der Waals surface area contributed by atoms with Crippen LogP contribution in [0.15, 0.2) is 23.3 Å². The number of aromatic hydroxyl groups is 1. The Morgan fingerprint density at radius 2 is 2.11 bits per heavy atom. The van der Waals surface area contributed by atoms with Gasteiger partial charge in [-0.25, -0.2) is 4.98 Å². The minimum absolute atomic E-state index is 0.0695. The van der Waals surface area contributed by atoms with Crippen molar-refractivity contribution in [1.29, 1.82) is 0 Å². The molecule has 1 aliphatic rings. The molecule has 2 heterocycles. The standard InChI is InChI=1S/C13H14N2O3/c16-11-6-9(8-1-3-18-4-2-8)5-10-12(11)14-7-15-13(10)17/h5-8,16H,1-4H2,(H,14,15,17). The third-order valence-corrected chi connectivity index (χ3v) is 3.44. The Morgan fingerprint density at radius 1 is 1.33 bits per heavy atom. The van der Waals surface area contributed by atoms with E-state index in [-0.39, 0.29) is 11.3 Å². The van der Waals surface area contributed by atoms with Crippen LogP contribution in [0.25, 0.3) is 10.9 Å². The summed E-state index contributed by atoms with van der Waals surface area (Å²) in [6, 6.07) is 3.54. The highest BCUT2D eigenvalue weighted by molar-refractivity contribution is 5.84. The number of aromatic amines is 1. The number of benzene rings is 1. The molecule has 2 N–H and O–H groups in total. The van der Waals surface area contributed by atoms with Gasteiger partial charge in [-0.1, -0.05) is 0 Å². The average molecular weight is 246 g/mol. The molecule has 0 aliphatic carbocycles. The summed E-state index contributed by atoms with van der Waals surface area (Å²) in [7, 11) is 0. The van der Waals surface area contributed by atoms with Gasteiger partial charge >= 0.3 is 0 Å². The summed E-state index contributed by atoms with van der Waals surface area (Å²) >= 11 is 0. The number of aromatic nitrogens is 2. The van der Waals surface area contributed by atoms with Crippen molar-refractivity contribution < 1.29 is 9.84 Å². The quantitative estimate of drug-likeness (QED) is 0.800. The third kappa shape index (κ3) is 1.86. The third-order valence-electron chi connectivity index (χ3n) is 3.44. The predicted octanol–water partition coefficient (Wildman–Crippen LogP) is 1.52. The van der Waals surface area contributed by atoms with Gasteiger partial charge in [-0.3, -0.25) is 4.79 Å². The number of nitrogens with one attached hydrogen (secondary N) is 1. The predicted molar refractivity (Wildman–Crippen MR) is 66.8 cm³/mol. The van der Waals surface area contributed by atoms with Gasteiger partial charge in [0.05, 0.1) is 11.7 Å². The van der Waals surface area contributed by atoms with Crippen molar-refractivity contribution in [3.63, 3.8) is 0 Å². The first-order valence-electron chi connectivity index (χ1n) is 6.04. The molecule has 1 aliphatic heterocycles. The molecular formula is C13H14N2O3. The summed E-state index contributed by atoms with van der Waals surface area (Å²) in [6.45, 7) is 1.46. The van der Waals surface area contributed by atoms with E-state index in [9.17, 15) is 9.90 Å². The molecule has 18 heavy (non-hydrogen) atoms. The van der Waals surface area contributed by atoms with Crippen molar-refractivity contribution in [2.45, 2.75) is 18.8 Å². The van der Waals surface area contributed by atoms with E-state index < -0.39 is 0 Å². The van der Waals surface area contributed by atoms with Crippen molar-refractivity contribution >= 4 is 10.9 Å². The zero-order valence-corrected chi connectivity index (χ0v) is 9.85. The summed E-state index contributed by atoms with van der Waals surface area (Å²) in [5.41, 5.74) is 1.13. The van der Waals surface area contributed by atoms with Crippen molar-refractivity contribution in [1.82, 2.24) is 9.97 Å². The molecular weight excluding hydrogens is 232 g/mol. The monoisotopic (exact) mass is 246 g/mol. The van der Waals surface area contributed by atoms with E-state index in [0.29, 0.717) is 16.8 Å². The van der Waals surface area contributed by atoms with Gasteiger partial charge in [0.25, 0.3) is 5.56 Å². The molecule has 0 saturated carbocycles. The summed E-state index contributed by atoms with van der Waals surface area (Å²) < 4.78 is 5.32. The molecule has 0 bridgehead atoms. The Labute approximate surface area is 103 Å². The molecule has 0 unspecified atom stereocenters. The maximum Gasteiger partial charge on any atom is 0.258 e. The van der Waals surface area contributed by atoms with Crippen LogP contribution in [0.3, 0.4) is 0 Å². The summed E-state index contributed by atoms with van der Waals surface area (Å²) in [4.78, 5) is 18.3. The number of rotatable bonds is 1. The van der Waals surface area contributed by atoms with Crippen molar-refractivity contribution in [3.05, 3.63) is 34.4 Å². The fourth-order valence-electron chi connectivity index (χ4n) is 2.45. The minimum Gasteiger partial charge on any atom is -0.506 e. The maximum absolute atomic E-state index is 11.7. The molecule has 2 aromatic rings. The first-order valence-corrected chi connectivity index (χ1v) is 6.04. The van der Waals surface area contributed by atoms with E-state index in [1.54, 1.807) is 6.07 Å². The largest absolute Gasteiger partial charge is 0.506 e. The van der Waals surface area contributed by atoms with E-state index in [1.807, 2.05) is 6.07 Å². The zero-order chi connectivity index (χ0) is 12.5. The zero-order valence-electron chi connectivity index (χ0n) is 9.85. The van der Waals surface area contributed by atoms with Crippen LogP contribution in [-0.2, 0) is 4.74 Å². The van der Waals surface area contributed by atoms with E-state index in [1.165, 1.54) is 6.33 Å². The van der Waals surface area contributed by atoms with Crippen LogP contribution in [-0.4, -0.2) is 28.3 Å². The minimum atomic E-state index is -0.218. The van der Waals surface area contributed by atoms with Gasteiger partial charge in [0.2, 0.25) is 0 Å². The number of hydrogen-bond donors (Lipinski definition) is 2. The molecule has 5 nitrogen and oxygen atoms in total. The molecule has 5 heteroatoms. The van der Waals surface area contributed by atoms with Gasteiger partial charge in [-0.15, -0.1) is 0 Å². The fourth-order valence-corrected chi connectivity index (χ4v) is 2.45. The van der Waals surface area contributed by atoms with Crippen LogP contribution in [0.1, 0.15) is 24.3 Å². The number of ether oxygens (including phenoxy) is 1. The molecule has 1 aromatic carbocycles. The topological polar surface area (TPSA) is 75.2 Å². The van der Waals surface area contributed by atoms with Gasteiger partial charge in [0.15, 0.2) is 0 Å². The lowest BCUT2D eigenvalue weighted by Crippen LogP contribution is -2.15. The highest BCUT2D eigenvalue weighted by Crippen LogP contribution is 2.31. The van der Waals surface area contributed by atoms with Crippen LogP contribution in [0, 0.1) is 0 Å². The molecule has 94 valence electrons. The lowest BCUT2D eigenvalue weighted by Gasteiger charge is -2.22. The Morgan fingerprint density at radius 3 is 2.89 bits per heavy atom. The Bertz CT molecular complexity index is 630. The van der Waals surface area contributed by atoms with Gasteiger partial charge in [-0.2, -0.15) is 0 Å². The number of fused-ring (bicyclic) bond motifs is 1. The lowest BCUT2D eigenvalue weighted by atomic mass is 9.91. The van der Waals surface area contributed by atoms with E-state index in [2.05, 4.69) is 9.97 Å². The van der Waals surface area contributed by atoms with Gasteiger partial charge in [0, 0.05) is 13.2 Å². The molecule has 0 radical (unpaired) electrons. The van der Waals surface area contributed by atoms with Crippen LogP contribution in [0.2, 0.25) is 0 Å². The first kappa shape index (κ1) is 11.2. The average Bonchev–Trinajstić information content (AvgIpc) is 2.41. The Balaban J connectivity index is 2.14. The van der Waals surface area contributed by atoms with E-state index >= 15 is 0 Å². The second-order valence-corrected chi connectivity index (χ2v) is 4.55. The van der Waals surface area contributed by atoms with Crippen LogP contribution < -0.4 is 5.56 Å². The molecule has 1 saturated heterocycles. The number of hydrogen-bond acceptors (Lipinski definition) is 4. The second kappa shape index (κ2) is 4.42. The Hall–Kier alpha value is -1.88. The summed E-state index contributed by atoms with van der Waals surface area (Å²) in [6.07, 6.45) is 3.14. The van der Waals surface area contributed by atoms with Crippen molar-refractivity contribution in [3.8, 4) is 5.75 Å². The molecule has 3 rings (SSSR count). The van der Waals surface area contributed by atoms with Crippen LogP contribution in [0.5, 0.6) is 5.75 Å². The Kier molecular flexibility index (Phi) is 2.76. The lowest BCUT2D eigenvalue weighted by molar-refractivity contribution is 0.0853. The van der Waals surface area contributed by atoms with Gasteiger partial charge in [-0.05, 0) is 36.5 Å². The maximum atomic E-state index is 11.7. The smallest absolute Gasteiger partial charge is 0.258 e. The highest BCUT2D eigenvalue weighted by atomic mass is 16.5. The van der Waals surface area contributed by atoms with E-state index in [4.69, 9.17) is 4.74 Å². The van der Waals surface area contributed by atoms with Crippen LogP contribution in [0.4, 0.5) is 0 Å². The summed E-state index contributed by atoms with van der Waals surface area (Å²) in [5, 5.41) is 10.4. The number of H-pyrrole nitrogens is 1. The molecule has 1 aromatic heterocycles. The summed E-state index contributed by atoms with van der Waals surface area (Å²) in [5.74, 6) is 0.411. The number of phenolic OH excluding ortho intramolecular Hbond substituents is 1. The SMILES string of the molecule is O=c1[nH]cnc2c(O)cc(C3CCOCC3)cc12. The molecule has 0 atom stereocenters. The second-order valence-electron chi connectivity index (χ2n) is 4.55. The van der Waals surface area contributed by atoms with Crippen molar-refractivity contribution in [2.75, 3.05) is 13.2 Å². The number of nitrogens with zero attached hydrogens (tertiary/aromatic N) is 1. The van der Waals surface area contributed by atoms with Gasteiger partial charge in [0.1, 0.15) is 11.3 Å². The normalized spacial score (nSPS) is 17.1. The highest BCUT2D eigenvalue weighted by Gasteiger charge is 2.18. The first-order chi connectivity index (χ1) is 8.75. The van der Waals surface area contributed by atoms with Gasteiger partial charge < -0.3 is 14.8 Å².